The average molecular weight is 563 g/mol. The van der Waals surface area contributed by atoms with Gasteiger partial charge in [0.1, 0.15) is 12.6 Å². The van der Waals surface area contributed by atoms with Gasteiger partial charge in [-0.1, -0.05) is 73.8 Å². The van der Waals surface area contributed by atoms with Gasteiger partial charge in [0.25, 0.3) is 0 Å². The number of carbonyl (C=O) groups is 2. The van der Waals surface area contributed by atoms with Gasteiger partial charge in [-0.05, 0) is 42.2 Å². The molecule has 0 heterocycles. The molecule has 192 valence electrons. The highest BCUT2D eigenvalue weighted by Gasteiger charge is 2.32. The monoisotopic (exact) mass is 561 g/mol. The zero-order valence-electron chi connectivity index (χ0n) is 20.1. The normalized spacial score (nSPS) is 12.3. The Labute approximate surface area is 222 Å². The lowest BCUT2D eigenvalue weighted by atomic mass is 10.1. The molecule has 0 unspecified atom stereocenters. The van der Waals surface area contributed by atoms with E-state index in [4.69, 9.17) is 34.8 Å². The van der Waals surface area contributed by atoms with Crippen molar-refractivity contribution in [3.63, 3.8) is 0 Å². The van der Waals surface area contributed by atoms with Crippen molar-refractivity contribution < 1.29 is 18.0 Å². The van der Waals surface area contributed by atoms with Crippen molar-refractivity contribution in [2.75, 3.05) is 23.7 Å². The zero-order valence-corrected chi connectivity index (χ0v) is 23.2. The van der Waals surface area contributed by atoms with Crippen molar-refractivity contribution in [2.45, 2.75) is 39.8 Å². The first kappa shape index (κ1) is 29.2. The Hall–Kier alpha value is -2.00. The van der Waals surface area contributed by atoms with Crippen LogP contribution in [0.5, 0.6) is 0 Å². The van der Waals surface area contributed by atoms with E-state index in [2.05, 4.69) is 5.32 Å². The topological polar surface area (TPSA) is 86.8 Å². The number of halogens is 3. The van der Waals surface area contributed by atoms with Crippen molar-refractivity contribution in [3.8, 4) is 0 Å². The average Bonchev–Trinajstić information content (AvgIpc) is 2.78. The molecule has 2 amide bonds. The third kappa shape index (κ3) is 8.27. The molecule has 1 atom stereocenters. The van der Waals surface area contributed by atoms with Crippen molar-refractivity contribution in [2.24, 2.45) is 5.92 Å². The lowest BCUT2D eigenvalue weighted by Gasteiger charge is -2.33. The van der Waals surface area contributed by atoms with Gasteiger partial charge in [-0.3, -0.25) is 13.9 Å². The van der Waals surface area contributed by atoms with Crippen LogP contribution >= 0.6 is 34.8 Å². The molecular formula is C24H30Cl3N3O4S. The Kier molecular flexibility index (Phi) is 10.7. The molecule has 2 rings (SSSR count). The van der Waals surface area contributed by atoms with Crippen LogP contribution in [0.2, 0.25) is 15.1 Å². The SMILES string of the molecule is CC[C@@H](C(=O)NCC(C)C)N(Cc1ccccc1Cl)C(=O)CN(c1ccc(Cl)c(Cl)c1)S(C)(=O)=O. The summed E-state index contributed by atoms with van der Waals surface area (Å²) in [6, 6.07) is 10.5. The van der Waals surface area contributed by atoms with E-state index in [1.54, 1.807) is 31.2 Å². The van der Waals surface area contributed by atoms with Crippen molar-refractivity contribution in [3.05, 3.63) is 63.1 Å². The third-order valence-electron chi connectivity index (χ3n) is 5.24. The number of amides is 2. The van der Waals surface area contributed by atoms with Crippen LogP contribution in [0, 0.1) is 5.92 Å². The van der Waals surface area contributed by atoms with E-state index in [9.17, 15) is 18.0 Å². The lowest BCUT2D eigenvalue weighted by Crippen LogP contribution is -2.52. The molecule has 0 aliphatic heterocycles. The van der Waals surface area contributed by atoms with Crippen LogP contribution in [0.15, 0.2) is 42.5 Å². The zero-order chi connectivity index (χ0) is 26.3. The maximum atomic E-state index is 13.6. The molecule has 0 aromatic heterocycles. The molecular weight excluding hydrogens is 533 g/mol. The number of sulfonamides is 1. The summed E-state index contributed by atoms with van der Waals surface area (Å²) < 4.78 is 26.2. The summed E-state index contributed by atoms with van der Waals surface area (Å²) in [4.78, 5) is 28.0. The number of hydrogen-bond acceptors (Lipinski definition) is 4. The summed E-state index contributed by atoms with van der Waals surface area (Å²) in [6.45, 7) is 5.67. The van der Waals surface area contributed by atoms with E-state index in [0.717, 1.165) is 10.6 Å². The second kappa shape index (κ2) is 12.8. The molecule has 0 spiro atoms. The minimum Gasteiger partial charge on any atom is -0.354 e. The molecule has 0 fully saturated rings. The van der Waals surface area contributed by atoms with Gasteiger partial charge in [0.2, 0.25) is 21.8 Å². The quantitative estimate of drug-likeness (QED) is 0.418. The number of anilines is 1. The first-order chi connectivity index (χ1) is 16.3. The number of nitrogens with one attached hydrogen (secondary N) is 1. The molecule has 0 aliphatic rings. The molecule has 11 heteroatoms. The summed E-state index contributed by atoms with van der Waals surface area (Å²) in [5, 5.41) is 3.71. The molecule has 1 N–H and O–H groups in total. The first-order valence-electron chi connectivity index (χ1n) is 11.1. The number of rotatable bonds is 11. The van der Waals surface area contributed by atoms with Crippen LogP contribution in [0.3, 0.4) is 0 Å². The van der Waals surface area contributed by atoms with Crippen molar-refractivity contribution >= 4 is 62.3 Å². The Bertz CT molecular complexity index is 1160. The van der Waals surface area contributed by atoms with Crippen molar-refractivity contribution in [1.29, 1.82) is 0 Å². The number of nitrogens with zero attached hydrogens (tertiary/aromatic N) is 2. The van der Waals surface area contributed by atoms with E-state index in [1.165, 1.54) is 23.1 Å². The van der Waals surface area contributed by atoms with Gasteiger partial charge >= 0.3 is 0 Å². The van der Waals surface area contributed by atoms with Crippen LogP contribution in [0.1, 0.15) is 32.8 Å². The lowest BCUT2D eigenvalue weighted by molar-refractivity contribution is -0.140. The molecule has 0 bridgehead atoms. The summed E-state index contributed by atoms with van der Waals surface area (Å²) in [7, 11) is -3.87. The van der Waals surface area contributed by atoms with Gasteiger partial charge in [-0.15, -0.1) is 0 Å². The number of hydrogen-bond donors (Lipinski definition) is 1. The standard InChI is InChI=1S/C24H30Cl3N3O4S/c1-5-22(24(32)28-13-16(2)3)29(14-17-8-6-7-9-19(17)25)23(31)15-30(35(4,33)34)18-10-11-20(26)21(27)12-18/h6-12,16,22H,5,13-15H2,1-4H3,(H,28,32)/t22-/m0/s1. The van der Waals surface area contributed by atoms with Gasteiger partial charge < -0.3 is 10.2 Å². The van der Waals surface area contributed by atoms with Gasteiger partial charge in [0.15, 0.2) is 0 Å². The highest BCUT2D eigenvalue weighted by molar-refractivity contribution is 7.92. The molecule has 7 nitrogen and oxygen atoms in total. The second-order valence-corrected chi connectivity index (χ2v) is 11.7. The summed E-state index contributed by atoms with van der Waals surface area (Å²) in [5.41, 5.74) is 0.823. The van der Waals surface area contributed by atoms with E-state index < -0.39 is 28.5 Å². The van der Waals surface area contributed by atoms with Crippen LogP contribution in [-0.4, -0.2) is 50.5 Å². The molecule has 0 saturated heterocycles. The fourth-order valence-electron chi connectivity index (χ4n) is 3.41. The van der Waals surface area contributed by atoms with Gasteiger partial charge in [0.05, 0.1) is 22.0 Å². The van der Waals surface area contributed by atoms with Crippen LogP contribution in [0.25, 0.3) is 0 Å². The Balaban J connectivity index is 2.45. The predicted octanol–water partition coefficient (Wildman–Crippen LogP) is 4.99. The predicted molar refractivity (Wildman–Crippen MR) is 143 cm³/mol. The fourth-order valence-corrected chi connectivity index (χ4v) is 4.74. The fraction of sp³-hybridized carbons (Fsp3) is 0.417. The second-order valence-electron chi connectivity index (χ2n) is 8.54. The molecule has 35 heavy (non-hydrogen) atoms. The van der Waals surface area contributed by atoms with E-state index in [1.807, 2.05) is 13.8 Å². The Morgan fingerprint density at radius 3 is 2.20 bits per heavy atom. The van der Waals surface area contributed by atoms with E-state index >= 15 is 0 Å². The smallest absolute Gasteiger partial charge is 0.244 e. The highest BCUT2D eigenvalue weighted by atomic mass is 35.5. The highest BCUT2D eigenvalue weighted by Crippen LogP contribution is 2.29. The van der Waals surface area contributed by atoms with E-state index in [0.29, 0.717) is 23.6 Å². The largest absolute Gasteiger partial charge is 0.354 e. The number of carbonyl (C=O) groups excluding carboxylic acids is 2. The summed E-state index contributed by atoms with van der Waals surface area (Å²) in [5.74, 6) is -0.658. The van der Waals surface area contributed by atoms with Crippen molar-refractivity contribution in [1.82, 2.24) is 10.2 Å². The Morgan fingerprint density at radius 2 is 1.66 bits per heavy atom. The molecule has 0 saturated carbocycles. The van der Waals surface area contributed by atoms with Gasteiger partial charge in [0, 0.05) is 18.1 Å². The number of benzene rings is 2. The minimum atomic E-state index is -3.87. The van der Waals surface area contributed by atoms with Gasteiger partial charge in [-0.2, -0.15) is 0 Å². The van der Waals surface area contributed by atoms with Gasteiger partial charge in [-0.25, -0.2) is 8.42 Å². The maximum Gasteiger partial charge on any atom is 0.244 e. The molecule has 2 aromatic carbocycles. The van der Waals surface area contributed by atoms with Crippen LogP contribution < -0.4 is 9.62 Å². The van der Waals surface area contributed by atoms with Crippen LogP contribution in [0.4, 0.5) is 5.69 Å². The molecule has 0 aliphatic carbocycles. The molecule has 0 radical (unpaired) electrons. The molecule has 2 aromatic rings. The maximum absolute atomic E-state index is 13.6. The van der Waals surface area contributed by atoms with E-state index in [-0.39, 0.29) is 34.1 Å². The minimum absolute atomic E-state index is 0.0328. The first-order valence-corrected chi connectivity index (χ1v) is 14.1. The summed E-state index contributed by atoms with van der Waals surface area (Å²) >= 11 is 18.4. The summed E-state index contributed by atoms with van der Waals surface area (Å²) in [6.07, 6.45) is 1.32. The van der Waals surface area contributed by atoms with Crippen LogP contribution in [-0.2, 0) is 26.2 Å². The Morgan fingerprint density at radius 1 is 1.00 bits per heavy atom. The third-order valence-corrected chi connectivity index (χ3v) is 7.49.